The third-order valence-corrected chi connectivity index (χ3v) is 6.23. The lowest BCUT2D eigenvalue weighted by molar-refractivity contribution is 0.0740. The van der Waals surface area contributed by atoms with E-state index in [1.54, 1.807) is 6.07 Å². The first-order chi connectivity index (χ1) is 14.0. The smallest absolute Gasteiger partial charge is 0.273 e. The van der Waals surface area contributed by atoms with Crippen molar-refractivity contribution in [2.45, 2.75) is 32.2 Å². The van der Waals surface area contributed by atoms with Crippen molar-refractivity contribution in [3.05, 3.63) is 74.4 Å². The summed E-state index contributed by atoms with van der Waals surface area (Å²) >= 11 is 18.5. The van der Waals surface area contributed by atoms with Gasteiger partial charge in [-0.25, -0.2) is 0 Å². The molecule has 1 N–H and O–H groups in total. The maximum atomic E-state index is 13.2. The Morgan fingerprint density at radius 1 is 1.03 bits per heavy atom. The number of hydrogen-bond acceptors (Lipinski definition) is 2. The Kier molecular flexibility index (Phi) is 5.86. The van der Waals surface area contributed by atoms with Crippen LogP contribution in [-0.4, -0.2) is 27.5 Å². The summed E-state index contributed by atoms with van der Waals surface area (Å²) in [5.74, 6) is -0.0418. The molecule has 1 aliphatic heterocycles. The van der Waals surface area contributed by atoms with E-state index in [-0.39, 0.29) is 11.9 Å². The minimum absolute atomic E-state index is 0.0418. The Balaban J connectivity index is 1.83. The van der Waals surface area contributed by atoms with Crippen molar-refractivity contribution in [2.24, 2.45) is 0 Å². The highest BCUT2D eigenvalue weighted by Crippen LogP contribution is 2.44. The van der Waals surface area contributed by atoms with Gasteiger partial charge in [-0.15, -0.1) is 0 Å². The summed E-state index contributed by atoms with van der Waals surface area (Å²) in [7, 11) is 0. The first-order valence-electron chi connectivity index (χ1n) is 9.61. The SMILES string of the molecule is CCCCCN1C(=O)c2[nH]nc(-c3ccc(Cl)cc3)c2C1c1ccc(Cl)c(Cl)c1. The van der Waals surface area contributed by atoms with Crippen molar-refractivity contribution in [1.82, 2.24) is 15.1 Å². The number of amides is 1. The molecule has 29 heavy (non-hydrogen) atoms. The van der Waals surface area contributed by atoms with Crippen molar-refractivity contribution in [2.75, 3.05) is 6.54 Å². The van der Waals surface area contributed by atoms with Gasteiger partial charge in [-0.3, -0.25) is 9.89 Å². The van der Waals surface area contributed by atoms with Gasteiger partial charge in [0.25, 0.3) is 5.91 Å². The monoisotopic (exact) mass is 447 g/mol. The minimum atomic E-state index is -0.270. The summed E-state index contributed by atoms with van der Waals surface area (Å²) in [6.45, 7) is 2.81. The fraction of sp³-hybridized carbons (Fsp3) is 0.273. The number of hydrogen-bond donors (Lipinski definition) is 1. The molecule has 150 valence electrons. The van der Waals surface area contributed by atoms with Crippen LogP contribution in [0.15, 0.2) is 42.5 Å². The standard InChI is InChI=1S/C22H20Cl3N3O/c1-2-3-4-11-28-21(14-7-10-16(24)17(25)12-14)18-19(26-27-20(18)22(28)29)13-5-8-15(23)9-6-13/h5-10,12,21H,2-4,11H2,1H3,(H,26,27). The number of fused-ring (bicyclic) bond motifs is 1. The Labute approximate surface area is 184 Å². The molecular weight excluding hydrogens is 429 g/mol. The third kappa shape index (κ3) is 3.77. The summed E-state index contributed by atoms with van der Waals surface area (Å²) in [6, 6.07) is 12.7. The number of rotatable bonds is 6. The summed E-state index contributed by atoms with van der Waals surface area (Å²) in [5, 5.41) is 9.03. The molecular formula is C22H20Cl3N3O. The molecule has 1 aromatic heterocycles. The summed E-state index contributed by atoms with van der Waals surface area (Å²) in [5.41, 5.74) is 3.97. The first kappa shape index (κ1) is 20.3. The molecule has 0 bridgehead atoms. The highest BCUT2D eigenvalue weighted by Gasteiger charge is 2.41. The van der Waals surface area contributed by atoms with Crippen molar-refractivity contribution < 1.29 is 4.79 Å². The Morgan fingerprint density at radius 3 is 2.48 bits per heavy atom. The van der Waals surface area contributed by atoms with Crippen LogP contribution in [0.1, 0.15) is 53.8 Å². The van der Waals surface area contributed by atoms with E-state index in [1.807, 2.05) is 41.3 Å². The number of unbranched alkanes of at least 4 members (excludes halogenated alkanes) is 2. The molecule has 2 aromatic carbocycles. The fourth-order valence-corrected chi connectivity index (χ4v) is 4.25. The molecule has 1 amide bonds. The van der Waals surface area contributed by atoms with Gasteiger partial charge in [-0.2, -0.15) is 5.10 Å². The summed E-state index contributed by atoms with van der Waals surface area (Å²) < 4.78 is 0. The predicted octanol–water partition coefficient (Wildman–Crippen LogP) is 6.77. The number of nitrogens with one attached hydrogen (secondary N) is 1. The molecule has 0 saturated heterocycles. The lowest BCUT2D eigenvalue weighted by Gasteiger charge is -2.26. The molecule has 0 radical (unpaired) electrons. The zero-order valence-corrected chi connectivity index (χ0v) is 18.2. The average molecular weight is 449 g/mol. The van der Waals surface area contributed by atoms with Crippen molar-refractivity contribution in [1.29, 1.82) is 0 Å². The largest absolute Gasteiger partial charge is 0.326 e. The number of benzene rings is 2. The first-order valence-corrected chi connectivity index (χ1v) is 10.7. The number of carbonyl (C=O) groups is 1. The predicted molar refractivity (Wildman–Crippen MR) is 118 cm³/mol. The van der Waals surface area contributed by atoms with Gasteiger partial charge < -0.3 is 4.90 Å². The molecule has 0 saturated carbocycles. The Morgan fingerprint density at radius 2 is 1.79 bits per heavy atom. The van der Waals surface area contributed by atoms with Crippen LogP contribution in [0.2, 0.25) is 15.1 Å². The number of nitrogens with zero attached hydrogens (tertiary/aromatic N) is 2. The summed E-state index contributed by atoms with van der Waals surface area (Å²) in [4.78, 5) is 15.1. The molecule has 0 spiro atoms. The van der Waals surface area contributed by atoms with E-state index >= 15 is 0 Å². The second-order valence-corrected chi connectivity index (χ2v) is 8.40. The van der Waals surface area contributed by atoms with E-state index in [0.717, 1.165) is 41.6 Å². The molecule has 1 atom stereocenters. The second-order valence-electron chi connectivity index (χ2n) is 7.15. The Hall–Kier alpha value is -2.01. The fourth-order valence-electron chi connectivity index (χ4n) is 3.82. The zero-order valence-electron chi connectivity index (χ0n) is 15.9. The van der Waals surface area contributed by atoms with Gasteiger partial charge in [0.2, 0.25) is 0 Å². The number of halogens is 3. The number of aromatic amines is 1. The van der Waals surface area contributed by atoms with E-state index in [4.69, 9.17) is 34.8 Å². The highest BCUT2D eigenvalue weighted by molar-refractivity contribution is 6.42. The van der Waals surface area contributed by atoms with Crippen LogP contribution in [0.4, 0.5) is 0 Å². The molecule has 4 rings (SSSR count). The molecule has 3 aromatic rings. The van der Waals surface area contributed by atoms with Gasteiger partial charge in [-0.1, -0.05) is 72.8 Å². The lowest BCUT2D eigenvalue weighted by Crippen LogP contribution is -2.30. The van der Waals surface area contributed by atoms with Crippen LogP contribution in [0.5, 0.6) is 0 Å². The third-order valence-electron chi connectivity index (χ3n) is 5.24. The second kappa shape index (κ2) is 8.39. The van der Waals surface area contributed by atoms with Crippen molar-refractivity contribution in [3.63, 3.8) is 0 Å². The van der Waals surface area contributed by atoms with Crippen LogP contribution >= 0.6 is 34.8 Å². The molecule has 1 aliphatic rings. The van der Waals surface area contributed by atoms with Gasteiger partial charge >= 0.3 is 0 Å². The van der Waals surface area contributed by atoms with E-state index in [1.165, 1.54) is 0 Å². The van der Waals surface area contributed by atoms with E-state index in [9.17, 15) is 4.79 Å². The van der Waals surface area contributed by atoms with Gasteiger partial charge in [0.05, 0.1) is 21.8 Å². The highest BCUT2D eigenvalue weighted by atomic mass is 35.5. The van der Waals surface area contributed by atoms with Gasteiger partial charge in [0.1, 0.15) is 5.69 Å². The van der Waals surface area contributed by atoms with Gasteiger partial charge in [0, 0.05) is 22.7 Å². The maximum absolute atomic E-state index is 13.2. The maximum Gasteiger partial charge on any atom is 0.273 e. The quantitative estimate of drug-likeness (QED) is 0.423. The summed E-state index contributed by atoms with van der Waals surface area (Å²) in [6.07, 6.45) is 3.09. The molecule has 0 fully saturated rings. The normalized spacial score (nSPS) is 15.8. The topological polar surface area (TPSA) is 49.0 Å². The van der Waals surface area contributed by atoms with Crippen molar-refractivity contribution >= 4 is 40.7 Å². The van der Waals surface area contributed by atoms with Crippen LogP contribution in [0.25, 0.3) is 11.3 Å². The van der Waals surface area contributed by atoms with Crippen LogP contribution < -0.4 is 0 Å². The van der Waals surface area contributed by atoms with Crippen molar-refractivity contribution in [3.8, 4) is 11.3 Å². The number of aromatic nitrogens is 2. The number of carbonyl (C=O) groups excluding carboxylic acids is 1. The number of H-pyrrole nitrogens is 1. The van der Waals surface area contributed by atoms with Crippen LogP contribution in [0.3, 0.4) is 0 Å². The molecule has 4 nitrogen and oxygen atoms in total. The molecule has 2 heterocycles. The van der Waals surface area contributed by atoms with E-state index in [2.05, 4.69) is 17.1 Å². The molecule has 1 unspecified atom stereocenters. The van der Waals surface area contributed by atoms with E-state index in [0.29, 0.717) is 27.3 Å². The Bertz CT molecular complexity index is 1050. The zero-order chi connectivity index (χ0) is 20.5. The molecule has 0 aliphatic carbocycles. The van der Waals surface area contributed by atoms with Gasteiger partial charge in [-0.05, 0) is 36.2 Å². The van der Waals surface area contributed by atoms with Gasteiger partial charge in [0.15, 0.2) is 0 Å². The van der Waals surface area contributed by atoms with Crippen LogP contribution in [0, 0.1) is 0 Å². The molecule has 7 heteroatoms. The lowest BCUT2D eigenvalue weighted by atomic mass is 9.96. The minimum Gasteiger partial charge on any atom is -0.326 e. The average Bonchev–Trinajstić information content (AvgIpc) is 3.25. The van der Waals surface area contributed by atoms with E-state index < -0.39 is 0 Å². The van der Waals surface area contributed by atoms with Crippen LogP contribution in [-0.2, 0) is 0 Å².